The summed E-state index contributed by atoms with van der Waals surface area (Å²) in [5.74, 6) is 1.33. The van der Waals surface area contributed by atoms with Crippen LogP contribution in [0.15, 0.2) is 46.9 Å². The van der Waals surface area contributed by atoms with Crippen LogP contribution in [0.1, 0.15) is 22.6 Å². The first kappa shape index (κ1) is 18.4. The third-order valence-corrected chi connectivity index (χ3v) is 4.07. The van der Waals surface area contributed by atoms with Crippen LogP contribution in [0.2, 0.25) is 0 Å². The molecule has 0 unspecified atom stereocenters. The molecule has 1 amide bonds. The molecule has 0 atom stereocenters. The summed E-state index contributed by atoms with van der Waals surface area (Å²) in [6.07, 6.45) is 0.506. The van der Waals surface area contributed by atoms with Gasteiger partial charge in [0.2, 0.25) is 5.89 Å². The molecule has 0 aliphatic rings. The van der Waals surface area contributed by atoms with E-state index in [4.69, 9.17) is 13.9 Å². The number of aromatic nitrogens is 2. The Morgan fingerprint density at radius 2 is 1.78 bits per heavy atom. The van der Waals surface area contributed by atoms with Crippen LogP contribution in [0.5, 0.6) is 11.5 Å². The number of amides is 1. The fourth-order valence-electron chi connectivity index (χ4n) is 2.44. The molecule has 0 saturated carbocycles. The second-order valence-electron chi connectivity index (χ2n) is 6.11. The highest BCUT2D eigenvalue weighted by molar-refractivity contribution is 5.89. The Balaban J connectivity index is 1.51. The number of hydrogen-bond acceptors (Lipinski definition) is 6. The Morgan fingerprint density at radius 1 is 1.04 bits per heavy atom. The van der Waals surface area contributed by atoms with Gasteiger partial charge in [-0.3, -0.25) is 10.1 Å². The molecule has 0 aliphatic carbocycles. The lowest BCUT2D eigenvalue weighted by atomic mass is 10.0. The van der Waals surface area contributed by atoms with E-state index in [0.29, 0.717) is 23.8 Å². The Morgan fingerprint density at radius 3 is 2.48 bits per heavy atom. The van der Waals surface area contributed by atoms with Gasteiger partial charge in [-0.15, -0.1) is 5.10 Å². The predicted octanol–water partition coefficient (Wildman–Crippen LogP) is 3.30. The summed E-state index contributed by atoms with van der Waals surface area (Å²) in [6.45, 7) is 3.95. The number of benzene rings is 2. The lowest BCUT2D eigenvalue weighted by Crippen LogP contribution is -2.20. The average Bonchev–Trinajstić information content (AvgIpc) is 3.10. The molecular formula is C20H21N3O4. The van der Waals surface area contributed by atoms with Crippen molar-refractivity contribution in [3.05, 3.63) is 65.0 Å². The van der Waals surface area contributed by atoms with Crippen molar-refractivity contribution >= 4 is 11.9 Å². The highest BCUT2D eigenvalue weighted by atomic mass is 16.5. The van der Waals surface area contributed by atoms with Crippen LogP contribution in [0, 0.1) is 13.8 Å². The van der Waals surface area contributed by atoms with Crippen LogP contribution in [0.4, 0.5) is 6.01 Å². The minimum absolute atomic E-state index is 0.0529. The Kier molecular flexibility index (Phi) is 5.71. The Labute approximate surface area is 157 Å². The maximum absolute atomic E-state index is 12.0. The quantitative estimate of drug-likeness (QED) is 0.689. The number of nitrogens with one attached hydrogen (secondary N) is 1. The maximum atomic E-state index is 12.0. The number of nitrogens with zero attached hydrogens (tertiary/aromatic N) is 2. The summed E-state index contributed by atoms with van der Waals surface area (Å²) in [5.41, 5.74) is 3.51. The van der Waals surface area contributed by atoms with E-state index >= 15 is 0 Å². The van der Waals surface area contributed by atoms with Crippen molar-refractivity contribution in [2.75, 3.05) is 19.0 Å². The zero-order chi connectivity index (χ0) is 19.2. The van der Waals surface area contributed by atoms with E-state index in [1.807, 2.05) is 6.07 Å². The predicted molar refractivity (Wildman–Crippen MR) is 100 cm³/mol. The SMILES string of the molecule is COc1ccc(OCC(=O)Nc2nnc(Cc3ccc(C)c(C)c3)o2)cc1. The number of carbonyl (C=O) groups excluding carboxylic acids is 1. The van der Waals surface area contributed by atoms with Crippen molar-refractivity contribution in [1.29, 1.82) is 0 Å². The minimum Gasteiger partial charge on any atom is -0.497 e. The number of anilines is 1. The van der Waals surface area contributed by atoms with E-state index in [1.54, 1.807) is 31.4 Å². The van der Waals surface area contributed by atoms with Gasteiger partial charge in [0, 0.05) is 0 Å². The fourth-order valence-corrected chi connectivity index (χ4v) is 2.44. The number of ether oxygens (including phenoxy) is 2. The van der Waals surface area contributed by atoms with Crippen molar-refractivity contribution in [3.8, 4) is 11.5 Å². The maximum Gasteiger partial charge on any atom is 0.322 e. The van der Waals surface area contributed by atoms with E-state index in [1.165, 1.54) is 11.1 Å². The van der Waals surface area contributed by atoms with E-state index in [0.717, 1.165) is 5.56 Å². The minimum atomic E-state index is -0.382. The molecule has 0 saturated heterocycles. The normalized spacial score (nSPS) is 10.5. The van der Waals surface area contributed by atoms with Crippen LogP contribution in [-0.4, -0.2) is 29.8 Å². The topological polar surface area (TPSA) is 86.5 Å². The molecule has 140 valence electrons. The van der Waals surface area contributed by atoms with Crippen molar-refractivity contribution in [2.45, 2.75) is 20.3 Å². The van der Waals surface area contributed by atoms with Gasteiger partial charge in [0.05, 0.1) is 13.5 Å². The Hall–Kier alpha value is -3.35. The molecule has 3 aromatic rings. The third-order valence-electron chi connectivity index (χ3n) is 4.07. The largest absolute Gasteiger partial charge is 0.497 e. The lowest BCUT2D eigenvalue weighted by Gasteiger charge is -2.06. The van der Waals surface area contributed by atoms with Gasteiger partial charge in [-0.2, -0.15) is 0 Å². The van der Waals surface area contributed by atoms with Crippen molar-refractivity contribution < 1.29 is 18.7 Å². The molecule has 3 rings (SSSR count). The zero-order valence-electron chi connectivity index (χ0n) is 15.5. The molecule has 7 heteroatoms. The van der Waals surface area contributed by atoms with Crippen molar-refractivity contribution in [2.24, 2.45) is 0 Å². The Bertz CT molecular complexity index is 919. The summed E-state index contributed by atoms with van der Waals surface area (Å²) >= 11 is 0. The summed E-state index contributed by atoms with van der Waals surface area (Å²) in [4.78, 5) is 12.0. The monoisotopic (exact) mass is 367 g/mol. The molecule has 1 aromatic heterocycles. The van der Waals surface area contributed by atoms with Crippen LogP contribution in [-0.2, 0) is 11.2 Å². The molecule has 1 N–H and O–H groups in total. The van der Waals surface area contributed by atoms with Crippen LogP contribution in [0.3, 0.4) is 0 Å². The number of methoxy groups -OCH3 is 1. The molecule has 0 radical (unpaired) electrons. The second kappa shape index (κ2) is 8.35. The number of carbonyl (C=O) groups is 1. The smallest absolute Gasteiger partial charge is 0.322 e. The average molecular weight is 367 g/mol. The van der Waals surface area contributed by atoms with Crippen LogP contribution in [0.25, 0.3) is 0 Å². The third kappa shape index (κ3) is 5.07. The first-order valence-electron chi connectivity index (χ1n) is 8.48. The molecular weight excluding hydrogens is 346 g/mol. The zero-order valence-corrected chi connectivity index (χ0v) is 15.5. The summed E-state index contributed by atoms with van der Waals surface area (Å²) in [7, 11) is 1.59. The first-order chi connectivity index (χ1) is 13.0. The number of aryl methyl sites for hydroxylation is 2. The molecule has 2 aromatic carbocycles. The summed E-state index contributed by atoms with van der Waals surface area (Å²) in [5, 5.41) is 10.3. The van der Waals surface area contributed by atoms with E-state index in [2.05, 4.69) is 41.5 Å². The van der Waals surface area contributed by atoms with E-state index in [-0.39, 0.29) is 18.5 Å². The number of rotatable bonds is 7. The molecule has 27 heavy (non-hydrogen) atoms. The van der Waals surface area contributed by atoms with Gasteiger partial charge in [0.15, 0.2) is 6.61 Å². The lowest BCUT2D eigenvalue weighted by molar-refractivity contribution is -0.118. The van der Waals surface area contributed by atoms with Gasteiger partial charge < -0.3 is 13.9 Å². The van der Waals surface area contributed by atoms with E-state index < -0.39 is 0 Å². The van der Waals surface area contributed by atoms with Gasteiger partial charge in [-0.25, -0.2) is 0 Å². The summed E-state index contributed by atoms with van der Waals surface area (Å²) < 4.78 is 16.0. The molecule has 7 nitrogen and oxygen atoms in total. The summed E-state index contributed by atoms with van der Waals surface area (Å²) in [6, 6.07) is 13.2. The molecule has 0 spiro atoms. The highest BCUT2D eigenvalue weighted by Gasteiger charge is 2.11. The van der Waals surface area contributed by atoms with Gasteiger partial charge >= 0.3 is 6.01 Å². The van der Waals surface area contributed by atoms with Gasteiger partial charge in [-0.1, -0.05) is 23.3 Å². The first-order valence-corrected chi connectivity index (χ1v) is 8.48. The fraction of sp³-hybridized carbons (Fsp3) is 0.250. The van der Waals surface area contributed by atoms with Gasteiger partial charge in [0.1, 0.15) is 11.5 Å². The highest BCUT2D eigenvalue weighted by Crippen LogP contribution is 2.17. The number of hydrogen-bond donors (Lipinski definition) is 1. The molecule has 1 heterocycles. The second-order valence-corrected chi connectivity index (χ2v) is 6.11. The van der Waals surface area contributed by atoms with Gasteiger partial charge in [-0.05, 0) is 54.8 Å². The molecule has 0 aliphatic heterocycles. The van der Waals surface area contributed by atoms with Crippen LogP contribution >= 0.6 is 0 Å². The van der Waals surface area contributed by atoms with Crippen molar-refractivity contribution in [3.63, 3.8) is 0 Å². The molecule has 0 fully saturated rings. The molecule has 0 bridgehead atoms. The van der Waals surface area contributed by atoms with Crippen molar-refractivity contribution in [1.82, 2.24) is 10.2 Å². The van der Waals surface area contributed by atoms with Gasteiger partial charge in [0.25, 0.3) is 5.91 Å². The standard InChI is InChI=1S/C20H21N3O4/c1-13-4-5-15(10-14(13)2)11-19-22-23-20(27-19)21-18(24)12-26-17-8-6-16(25-3)7-9-17/h4-10H,11-12H2,1-3H3,(H,21,23,24). The van der Waals surface area contributed by atoms with Crippen LogP contribution < -0.4 is 14.8 Å². The van der Waals surface area contributed by atoms with E-state index in [9.17, 15) is 4.79 Å².